The van der Waals surface area contributed by atoms with Crippen molar-refractivity contribution in [3.05, 3.63) is 60.3 Å². The fourth-order valence-corrected chi connectivity index (χ4v) is 3.18. The molecule has 0 aliphatic heterocycles. The predicted octanol–water partition coefficient (Wildman–Crippen LogP) is 2.77. The summed E-state index contributed by atoms with van der Waals surface area (Å²) in [7, 11) is -1.47. The topological polar surface area (TPSA) is 84.3 Å². The molecule has 0 aliphatic carbocycles. The molecule has 3 rings (SSSR count). The van der Waals surface area contributed by atoms with E-state index in [1.165, 1.54) is 11.9 Å². The minimum atomic E-state index is -1.47. The maximum Gasteiger partial charge on any atom is 0.488 e. The average Bonchev–Trinajstić information content (AvgIpc) is 3.11. The Morgan fingerprint density at radius 2 is 1.74 bits per heavy atom. The lowest BCUT2D eigenvalue weighted by molar-refractivity contribution is 0.426. The normalized spacial score (nSPS) is 11.2. The Labute approximate surface area is 164 Å². The quantitative estimate of drug-likeness (QED) is 0.433. The Bertz CT molecular complexity index is 877. The van der Waals surface area contributed by atoms with E-state index in [2.05, 4.69) is 19.9 Å². The first kappa shape index (κ1) is 19.7. The van der Waals surface area contributed by atoms with Crippen LogP contribution >= 0.6 is 11.9 Å². The number of nitrogens with two attached hydrogens (primary N) is 1. The van der Waals surface area contributed by atoms with Crippen LogP contribution in [0.4, 0.5) is 0 Å². The highest BCUT2D eigenvalue weighted by molar-refractivity contribution is 7.97. The van der Waals surface area contributed by atoms with Gasteiger partial charge in [0.2, 0.25) is 0 Å². The number of aromatic nitrogens is 2. The second-order valence-electron chi connectivity index (χ2n) is 6.97. The van der Waals surface area contributed by atoms with E-state index >= 15 is 0 Å². The van der Waals surface area contributed by atoms with Crippen LogP contribution in [0.3, 0.4) is 0 Å². The number of hydrogen-bond donors (Lipinski definition) is 3. The Hall–Kier alpha value is -2.06. The molecule has 1 heterocycles. The third-order valence-corrected chi connectivity index (χ3v) is 5.00. The van der Waals surface area contributed by atoms with Crippen LogP contribution in [-0.4, -0.2) is 26.9 Å². The fraction of sp³-hybridized carbons (Fsp3) is 0.250. The van der Waals surface area contributed by atoms with E-state index in [1.54, 1.807) is 12.1 Å². The molecule has 0 saturated heterocycles. The zero-order valence-corrected chi connectivity index (χ0v) is 16.4. The van der Waals surface area contributed by atoms with Crippen LogP contribution in [0.1, 0.15) is 26.0 Å². The maximum atomic E-state index is 9.32. The van der Waals surface area contributed by atoms with Gasteiger partial charge in [0.1, 0.15) is 0 Å². The second kappa shape index (κ2) is 8.76. The average molecular weight is 381 g/mol. The highest BCUT2D eigenvalue weighted by Crippen LogP contribution is 2.25. The zero-order valence-electron chi connectivity index (χ0n) is 15.5. The van der Waals surface area contributed by atoms with Gasteiger partial charge in [0.25, 0.3) is 0 Å². The predicted molar refractivity (Wildman–Crippen MR) is 112 cm³/mol. The third-order valence-electron chi connectivity index (χ3n) is 4.46. The van der Waals surface area contributed by atoms with Crippen molar-refractivity contribution in [2.45, 2.75) is 31.6 Å². The molecule has 7 heteroatoms. The van der Waals surface area contributed by atoms with Crippen LogP contribution < -0.4 is 10.6 Å². The van der Waals surface area contributed by atoms with Gasteiger partial charge in [-0.3, -0.25) is 5.14 Å². The summed E-state index contributed by atoms with van der Waals surface area (Å²) >= 11 is 1.22. The summed E-state index contributed by atoms with van der Waals surface area (Å²) in [6, 6.07) is 17.3. The Morgan fingerprint density at radius 3 is 2.30 bits per heavy atom. The monoisotopic (exact) mass is 381 g/mol. The summed E-state index contributed by atoms with van der Waals surface area (Å²) in [5, 5.41) is 29.1. The van der Waals surface area contributed by atoms with Crippen molar-refractivity contribution in [2.24, 2.45) is 11.1 Å². The van der Waals surface area contributed by atoms with Gasteiger partial charge in [0.05, 0.1) is 17.1 Å². The van der Waals surface area contributed by atoms with Crippen LogP contribution in [0.15, 0.2) is 59.5 Å². The van der Waals surface area contributed by atoms with E-state index in [-0.39, 0.29) is 0 Å². The van der Waals surface area contributed by atoms with Gasteiger partial charge < -0.3 is 10.0 Å². The van der Waals surface area contributed by atoms with E-state index < -0.39 is 7.12 Å². The number of benzene rings is 2. The molecule has 0 aliphatic rings. The molecular formula is C20H24BN3O2S. The summed E-state index contributed by atoms with van der Waals surface area (Å²) in [6.45, 7) is 4.42. The van der Waals surface area contributed by atoms with Gasteiger partial charge in [-0.2, -0.15) is 5.10 Å². The summed E-state index contributed by atoms with van der Waals surface area (Å²) in [4.78, 5) is 0.994. The number of nitrogens with zero attached hydrogens (tertiary/aromatic N) is 2. The smallest absolute Gasteiger partial charge is 0.423 e. The molecular weight excluding hydrogens is 357 g/mol. The summed E-state index contributed by atoms with van der Waals surface area (Å²) in [5.74, 6) is 0.616. The van der Waals surface area contributed by atoms with Gasteiger partial charge in [0.15, 0.2) is 0 Å². The molecule has 1 aromatic heterocycles. The lowest BCUT2D eigenvalue weighted by Crippen LogP contribution is -2.29. The lowest BCUT2D eigenvalue weighted by Gasteiger charge is -2.09. The van der Waals surface area contributed by atoms with Gasteiger partial charge in [-0.15, -0.1) is 0 Å². The number of hydrogen-bond acceptors (Lipinski definition) is 5. The van der Waals surface area contributed by atoms with Crippen molar-refractivity contribution in [2.75, 3.05) is 0 Å². The van der Waals surface area contributed by atoms with Crippen LogP contribution in [0, 0.1) is 5.92 Å². The van der Waals surface area contributed by atoms with E-state index in [1.807, 2.05) is 41.1 Å². The van der Waals surface area contributed by atoms with Crippen LogP contribution in [0.25, 0.3) is 16.9 Å². The fourth-order valence-electron chi connectivity index (χ4n) is 2.88. The first-order chi connectivity index (χ1) is 13.0. The van der Waals surface area contributed by atoms with E-state index in [0.29, 0.717) is 11.4 Å². The molecule has 3 aromatic rings. The molecule has 5 nitrogen and oxygen atoms in total. The molecule has 0 spiro atoms. The minimum absolute atomic E-state index is 0.467. The number of aryl methyl sites for hydroxylation is 1. The van der Waals surface area contributed by atoms with Gasteiger partial charge in [-0.1, -0.05) is 38.1 Å². The maximum absolute atomic E-state index is 9.32. The highest BCUT2D eigenvalue weighted by atomic mass is 32.2. The van der Waals surface area contributed by atoms with Crippen molar-refractivity contribution in [1.29, 1.82) is 0 Å². The largest absolute Gasteiger partial charge is 0.488 e. The molecule has 4 N–H and O–H groups in total. The molecule has 0 amide bonds. The van der Waals surface area contributed by atoms with Crippen molar-refractivity contribution in [3.63, 3.8) is 0 Å². The lowest BCUT2D eigenvalue weighted by atomic mass is 9.80. The Balaban J connectivity index is 2.01. The van der Waals surface area contributed by atoms with E-state index in [4.69, 9.17) is 10.2 Å². The Morgan fingerprint density at radius 1 is 1.07 bits per heavy atom. The van der Waals surface area contributed by atoms with Gasteiger partial charge >= 0.3 is 7.12 Å². The molecule has 0 radical (unpaired) electrons. The SMILES string of the molecule is CC(C)CCc1cc(-c2ccc(B(O)O)cc2)n(-c2ccc(SN)cc2)n1. The second-order valence-corrected chi connectivity index (χ2v) is 7.68. The van der Waals surface area contributed by atoms with Crippen LogP contribution in [-0.2, 0) is 6.42 Å². The molecule has 27 heavy (non-hydrogen) atoms. The molecule has 0 unspecified atom stereocenters. The van der Waals surface area contributed by atoms with Crippen LogP contribution in [0.2, 0.25) is 0 Å². The van der Waals surface area contributed by atoms with Crippen molar-refractivity contribution < 1.29 is 10.0 Å². The summed E-state index contributed by atoms with van der Waals surface area (Å²) < 4.78 is 1.94. The van der Waals surface area contributed by atoms with Crippen molar-refractivity contribution >= 4 is 24.5 Å². The molecule has 0 fully saturated rings. The minimum Gasteiger partial charge on any atom is -0.423 e. The van der Waals surface area contributed by atoms with Gasteiger partial charge in [-0.05, 0) is 66.5 Å². The molecule has 0 bridgehead atoms. The van der Waals surface area contributed by atoms with E-state index in [0.717, 1.165) is 40.4 Å². The van der Waals surface area contributed by atoms with E-state index in [9.17, 15) is 10.0 Å². The molecule has 140 valence electrons. The standard InChI is InChI=1S/C20H24BN3O2S/c1-14(2)3-8-17-13-20(15-4-6-16(7-5-15)21(25)26)24(23-17)18-9-11-19(27-22)12-10-18/h4-7,9-14,25-26H,3,8,22H2,1-2H3. The Kier molecular flexibility index (Phi) is 6.39. The van der Waals surface area contributed by atoms with Crippen LogP contribution in [0.5, 0.6) is 0 Å². The molecule has 0 atom stereocenters. The molecule has 0 saturated carbocycles. The third kappa shape index (κ3) is 4.81. The number of rotatable bonds is 7. The van der Waals surface area contributed by atoms with Gasteiger partial charge in [-0.25, -0.2) is 4.68 Å². The van der Waals surface area contributed by atoms with Crippen molar-refractivity contribution in [3.8, 4) is 16.9 Å². The van der Waals surface area contributed by atoms with Crippen molar-refractivity contribution in [1.82, 2.24) is 9.78 Å². The zero-order chi connectivity index (χ0) is 19.4. The summed E-state index contributed by atoms with van der Waals surface area (Å²) in [6.07, 6.45) is 2.00. The first-order valence-electron chi connectivity index (χ1n) is 9.00. The van der Waals surface area contributed by atoms with Gasteiger partial charge in [0, 0.05) is 10.5 Å². The highest BCUT2D eigenvalue weighted by Gasteiger charge is 2.15. The first-order valence-corrected chi connectivity index (χ1v) is 9.88. The summed E-state index contributed by atoms with van der Waals surface area (Å²) in [5.41, 5.74) is 4.42. The molecule has 2 aromatic carbocycles.